The van der Waals surface area contributed by atoms with E-state index in [9.17, 15) is 0 Å². The van der Waals surface area contributed by atoms with Gasteiger partial charge < -0.3 is 5.32 Å². The fraction of sp³-hybridized carbons (Fsp3) is 0.846. The molecule has 1 aliphatic rings. The molecular formula is C13H25NS. The van der Waals surface area contributed by atoms with E-state index in [2.05, 4.69) is 44.4 Å². The van der Waals surface area contributed by atoms with Crippen LogP contribution in [-0.4, -0.2) is 23.1 Å². The lowest BCUT2D eigenvalue weighted by Gasteiger charge is -2.28. The van der Waals surface area contributed by atoms with Crippen molar-refractivity contribution in [2.45, 2.75) is 50.8 Å². The van der Waals surface area contributed by atoms with Crippen LogP contribution in [0.15, 0.2) is 12.7 Å². The van der Waals surface area contributed by atoms with Crippen LogP contribution in [0.3, 0.4) is 0 Å². The second-order valence-corrected chi connectivity index (χ2v) is 6.76. The molecule has 2 heteroatoms. The molecule has 1 rings (SSSR count). The van der Waals surface area contributed by atoms with E-state index < -0.39 is 0 Å². The molecule has 3 atom stereocenters. The molecule has 1 N–H and O–H groups in total. The van der Waals surface area contributed by atoms with Gasteiger partial charge in [-0.05, 0) is 44.8 Å². The monoisotopic (exact) mass is 227 g/mol. The molecule has 1 aliphatic heterocycles. The van der Waals surface area contributed by atoms with E-state index in [1.54, 1.807) is 0 Å². The van der Waals surface area contributed by atoms with Crippen molar-refractivity contribution >= 4 is 11.8 Å². The Labute approximate surface area is 99.1 Å². The molecule has 0 radical (unpaired) electrons. The van der Waals surface area contributed by atoms with Crippen LogP contribution in [0.25, 0.3) is 0 Å². The van der Waals surface area contributed by atoms with Crippen LogP contribution in [-0.2, 0) is 0 Å². The van der Waals surface area contributed by atoms with E-state index in [4.69, 9.17) is 0 Å². The maximum absolute atomic E-state index is 3.80. The summed E-state index contributed by atoms with van der Waals surface area (Å²) in [5, 5.41) is 3.68. The molecule has 1 nitrogen and oxygen atoms in total. The third-order valence-corrected chi connectivity index (χ3v) is 5.03. The summed E-state index contributed by atoms with van der Waals surface area (Å²) in [6, 6.07) is 0.598. The standard InChI is InChI=1S/C13H25NS/c1-5-7-11(2)12(3)14-10-13(4)8-6-9-15-13/h5,11-12,14H,1,6-10H2,2-4H3. The van der Waals surface area contributed by atoms with Crippen LogP contribution in [0, 0.1) is 5.92 Å². The molecule has 1 fully saturated rings. The second kappa shape index (κ2) is 5.95. The molecule has 0 aliphatic carbocycles. The van der Waals surface area contributed by atoms with Crippen molar-refractivity contribution in [3.63, 3.8) is 0 Å². The second-order valence-electron chi connectivity index (χ2n) is 5.07. The Hall–Kier alpha value is 0.0500. The number of nitrogens with one attached hydrogen (secondary N) is 1. The number of rotatable bonds is 6. The lowest BCUT2D eigenvalue weighted by Crippen LogP contribution is -2.40. The Morgan fingerprint density at radius 2 is 2.27 bits per heavy atom. The topological polar surface area (TPSA) is 12.0 Å². The summed E-state index contributed by atoms with van der Waals surface area (Å²) in [6.45, 7) is 11.9. The molecule has 15 heavy (non-hydrogen) atoms. The van der Waals surface area contributed by atoms with E-state index in [1.165, 1.54) is 18.6 Å². The van der Waals surface area contributed by atoms with Crippen LogP contribution in [0.1, 0.15) is 40.0 Å². The summed E-state index contributed by atoms with van der Waals surface area (Å²) >= 11 is 2.13. The molecule has 1 heterocycles. The van der Waals surface area contributed by atoms with Crippen LogP contribution in [0.5, 0.6) is 0 Å². The summed E-state index contributed by atoms with van der Waals surface area (Å²) in [5.74, 6) is 2.03. The van der Waals surface area contributed by atoms with Crippen molar-refractivity contribution in [2.75, 3.05) is 12.3 Å². The fourth-order valence-corrected chi connectivity index (χ4v) is 3.28. The van der Waals surface area contributed by atoms with Gasteiger partial charge in [0.2, 0.25) is 0 Å². The third-order valence-electron chi connectivity index (χ3n) is 3.49. The zero-order valence-corrected chi connectivity index (χ0v) is 11.2. The molecule has 0 aromatic rings. The Balaban J connectivity index is 2.26. The lowest BCUT2D eigenvalue weighted by atomic mass is 9.98. The van der Waals surface area contributed by atoms with Crippen LogP contribution in [0.2, 0.25) is 0 Å². The van der Waals surface area contributed by atoms with Crippen molar-refractivity contribution in [1.82, 2.24) is 5.32 Å². The highest BCUT2D eigenvalue weighted by Gasteiger charge is 2.29. The summed E-state index contributed by atoms with van der Waals surface area (Å²) in [7, 11) is 0. The van der Waals surface area contributed by atoms with Crippen LogP contribution < -0.4 is 5.32 Å². The maximum atomic E-state index is 3.80. The molecular weight excluding hydrogens is 202 g/mol. The molecule has 0 saturated carbocycles. The van der Waals surface area contributed by atoms with E-state index in [0.29, 0.717) is 16.7 Å². The smallest absolute Gasteiger partial charge is 0.0256 e. The first-order valence-corrected chi connectivity index (χ1v) is 7.04. The molecule has 0 aromatic carbocycles. The molecule has 0 amide bonds. The van der Waals surface area contributed by atoms with Gasteiger partial charge in [-0.1, -0.05) is 13.0 Å². The molecule has 0 aromatic heterocycles. The van der Waals surface area contributed by atoms with E-state index in [0.717, 1.165) is 13.0 Å². The normalized spacial score (nSPS) is 30.1. The summed E-state index contributed by atoms with van der Waals surface area (Å²) in [5.41, 5.74) is 0. The Bertz CT molecular complexity index is 197. The first-order chi connectivity index (χ1) is 7.07. The minimum Gasteiger partial charge on any atom is -0.313 e. The van der Waals surface area contributed by atoms with Crippen LogP contribution >= 0.6 is 11.8 Å². The van der Waals surface area contributed by atoms with Gasteiger partial charge in [0.25, 0.3) is 0 Å². The van der Waals surface area contributed by atoms with Gasteiger partial charge in [0, 0.05) is 17.3 Å². The van der Waals surface area contributed by atoms with Gasteiger partial charge in [-0.2, -0.15) is 11.8 Å². The first-order valence-electron chi connectivity index (χ1n) is 6.05. The van der Waals surface area contributed by atoms with Gasteiger partial charge in [-0.15, -0.1) is 6.58 Å². The summed E-state index contributed by atoms with van der Waals surface area (Å²) in [6.07, 6.45) is 5.89. The van der Waals surface area contributed by atoms with Crippen molar-refractivity contribution in [1.29, 1.82) is 0 Å². The first kappa shape index (κ1) is 13.1. The Morgan fingerprint density at radius 1 is 1.53 bits per heavy atom. The van der Waals surface area contributed by atoms with Crippen molar-refractivity contribution in [3.05, 3.63) is 12.7 Å². The molecule has 0 spiro atoms. The van der Waals surface area contributed by atoms with Crippen molar-refractivity contribution < 1.29 is 0 Å². The van der Waals surface area contributed by atoms with Crippen molar-refractivity contribution in [3.8, 4) is 0 Å². The zero-order chi connectivity index (χ0) is 11.3. The quantitative estimate of drug-likeness (QED) is 0.697. The summed E-state index contributed by atoms with van der Waals surface area (Å²) < 4.78 is 0.488. The van der Waals surface area contributed by atoms with Gasteiger partial charge in [0.05, 0.1) is 0 Å². The molecule has 0 bridgehead atoms. The van der Waals surface area contributed by atoms with E-state index in [-0.39, 0.29) is 0 Å². The molecule has 88 valence electrons. The average molecular weight is 227 g/mol. The largest absolute Gasteiger partial charge is 0.313 e. The number of thioether (sulfide) groups is 1. The Morgan fingerprint density at radius 3 is 2.80 bits per heavy atom. The SMILES string of the molecule is C=CCC(C)C(C)NCC1(C)CCCS1. The van der Waals surface area contributed by atoms with Gasteiger partial charge in [0.1, 0.15) is 0 Å². The van der Waals surface area contributed by atoms with Crippen LogP contribution in [0.4, 0.5) is 0 Å². The number of allylic oxidation sites excluding steroid dienone is 1. The predicted octanol–water partition coefficient (Wildman–Crippen LogP) is 3.46. The highest BCUT2D eigenvalue weighted by molar-refractivity contribution is 8.00. The maximum Gasteiger partial charge on any atom is 0.0256 e. The number of hydrogen-bond donors (Lipinski definition) is 1. The highest BCUT2D eigenvalue weighted by Crippen LogP contribution is 2.37. The minimum absolute atomic E-state index is 0.488. The third kappa shape index (κ3) is 4.20. The lowest BCUT2D eigenvalue weighted by molar-refractivity contribution is 0.383. The van der Waals surface area contributed by atoms with E-state index >= 15 is 0 Å². The van der Waals surface area contributed by atoms with Gasteiger partial charge in [-0.25, -0.2) is 0 Å². The van der Waals surface area contributed by atoms with Gasteiger partial charge in [0.15, 0.2) is 0 Å². The Kier molecular flexibility index (Phi) is 5.20. The highest BCUT2D eigenvalue weighted by atomic mass is 32.2. The fourth-order valence-electron chi connectivity index (χ4n) is 2.02. The van der Waals surface area contributed by atoms with Gasteiger partial charge >= 0.3 is 0 Å². The summed E-state index contributed by atoms with van der Waals surface area (Å²) in [4.78, 5) is 0. The average Bonchev–Trinajstić information content (AvgIpc) is 2.63. The molecule has 1 saturated heterocycles. The zero-order valence-electron chi connectivity index (χ0n) is 10.4. The number of hydrogen-bond acceptors (Lipinski definition) is 2. The molecule has 3 unspecified atom stereocenters. The predicted molar refractivity (Wildman–Crippen MR) is 71.5 cm³/mol. The van der Waals surface area contributed by atoms with Crippen molar-refractivity contribution in [2.24, 2.45) is 5.92 Å². The van der Waals surface area contributed by atoms with Gasteiger partial charge in [-0.3, -0.25) is 0 Å². The minimum atomic E-state index is 0.488. The van der Waals surface area contributed by atoms with E-state index in [1.807, 2.05) is 6.08 Å².